The molecule has 3 heterocycles. The summed E-state index contributed by atoms with van der Waals surface area (Å²) in [6.45, 7) is 1.56. The Morgan fingerprint density at radius 3 is 2.58 bits per heavy atom. The molecule has 0 unspecified atom stereocenters. The Labute approximate surface area is 187 Å². The number of hydrogen-bond acceptors (Lipinski definition) is 7. The Morgan fingerprint density at radius 2 is 1.91 bits per heavy atom. The van der Waals surface area contributed by atoms with E-state index < -0.39 is 52.0 Å². The van der Waals surface area contributed by atoms with Crippen molar-refractivity contribution in [3.8, 4) is 0 Å². The normalized spacial score (nSPS) is 27.6. The van der Waals surface area contributed by atoms with Gasteiger partial charge in [-0.1, -0.05) is 18.2 Å². The molecule has 3 aliphatic heterocycles. The Kier molecular flexibility index (Phi) is 4.37. The summed E-state index contributed by atoms with van der Waals surface area (Å²) >= 11 is 0. The summed E-state index contributed by atoms with van der Waals surface area (Å²) in [5.74, 6) is -4.51. The molecule has 11 nitrogen and oxygen atoms in total. The lowest BCUT2D eigenvalue weighted by Gasteiger charge is -2.29. The Balaban J connectivity index is 1.66. The molecule has 5 rings (SSSR count). The molecule has 4 N–H and O–H groups in total. The van der Waals surface area contributed by atoms with E-state index in [0.717, 1.165) is 4.90 Å². The number of aryl methyl sites for hydroxylation is 1. The number of non-ortho nitro benzene ring substituents is 1. The van der Waals surface area contributed by atoms with Crippen LogP contribution in [0.2, 0.25) is 0 Å². The van der Waals surface area contributed by atoms with E-state index in [-0.39, 0.29) is 17.8 Å². The minimum absolute atomic E-state index is 0.177. The van der Waals surface area contributed by atoms with Crippen molar-refractivity contribution in [2.24, 2.45) is 17.6 Å². The average molecular weight is 449 g/mol. The first-order chi connectivity index (χ1) is 15.7. The van der Waals surface area contributed by atoms with Crippen LogP contribution in [0.3, 0.4) is 0 Å². The van der Waals surface area contributed by atoms with Gasteiger partial charge in [0.2, 0.25) is 23.6 Å². The first kappa shape index (κ1) is 20.8. The number of carbonyl (C=O) groups excluding carboxylic acids is 4. The molecule has 33 heavy (non-hydrogen) atoms. The van der Waals surface area contributed by atoms with Gasteiger partial charge < -0.3 is 11.1 Å². The number of nitrogens with zero attached hydrogens (tertiary/aromatic N) is 2. The zero-order valence-electron chi connectivity index (χ0n) is 17.4. The maximum Gasteiger partial charge on any atom is 0.269 e. The summed E-state index contributed by atoms with van der Waals surface area (Å²) in [6.07, 6.45) is -0.246. The van der Waals surface area contributed by atoms with Gasteiger partial charge in [-0.15, -0.1) is 0 Å². The molecule has 1 spiro atoms. The van der Waals surface area contributed by atoms with Crippen LogP contribution in [0.4, 0.5) is 17.1 Å². The number of imide groups is 1. The molecular formula is C22H19N5O6. The molecule has 0 aliphatic carbocycles. The van der Waals surface area contributed by atoms with E-state index in [1.54, 1.807) is 31.2 Å². The summed E-state index contributed by atoms with van der Waals surface area (Å²) in [5, 5.41) is 17.0. The third-order valence-corrected chi connectivity index (χ3v) is 6.68. The summed E-state index contributed by atoms with van der Waals surface area (Å²) in [7, 11) is 0. The highest BCUT2D eigenvalue weighted by molar-refractivity contribution is 6.26. The molecule has 168 valence electrons. The van der Waals surface area contributed by atoms with E-state index >= 15 is 0 Å². The maximum atomic E-state index is 13.8. The number of nitro groups is 1. The van der Waals surface area contributed by atoms with Gasteiger partial charge in [-0.3, -0.25) is 34.6 Å². The molecule has 2 aromatic rings. The Hall–Kier alpha value is -4.12. The van der Waals surface area contributed by atoms with Crippen LogP contribution < -0.4 is 21.3 Å². The van der Waals surface area contributed by atoms with E-state index in [1.165, 1.54) is 18.2 Å². The van der Waals surface area contributed by atoms with Crippen LogP contribution in [0.1, 0.15) is 17.5 Å². The molecule has 11 heteroatoms. The average Bonchev–Trinajstić information content (AvgIpc) is 3.33. The number of nitrogens with two attached hydrogens (primary N) is 1. The van der Waals surface area contributed by atoms with Crippen molar-refractivity contribution >= 4 is 40.7 Å². The molecule has 3 aliphatic rings. The molecule has 2 aromatic carbocycles. The maximum absolute atomic E-state index is 13.8. The van der Waals surface area contributed by atoms with Crippen LogP contribution in [0.15, 0.2) is 42.5 Å². The van der Waals surface area contributed by atoms with Crippen molar-refractivity contribution in [2.75, 3.05) is 10.2 Å². The van der Waals surface area contributed by atoms with E-state index in [2.05, 4.69) is 10.6 Å². The third-order valence-electron chi connectivity index (χ3n) is 6.68. The van der Waals surface area contributed by atoms with Crippen LogP contribution in [-0.2, 0) is 24.7 Å². The zero-order valence-corrected chi connectivity index (χ0v) is 17.4. The van der Waals surface area contributed by atoms with Crippen LogP contribution >= 0.6 is 0 Å². The zero-order chi connectivity index (χ0) is 23.7. The van der Waals surface area contributed by atoms with Crippen LogP contribution in [0.5, 0.6) is 0 Å². The van der Waals surface area contributed by atoms with E-state index in [1.807, 2.05) is 0 Å². The smallest absolute Gasteiger partial charge is 0.269 e. The van der Waals surface area contributed by atoms with E-state index in [9.17, 15) is 29.3 Å². The first-order valence-electron chi connectivity index (χ1n) is 10.3. The summed E-state index contributed by atoms with van der Waals surface area (Å²) < 4.78 is 0. The summed E-state index contributed by atoms with van der Waals surface area (Å²) in [6, 6.07) is 9.83. The second-order valence-electron chi connectivity index (χ2n) is 8.47. The minimum atomic E-state index is -1.54. The second kappa shape index (κ2) is 6.94. The molecule has 2 fully saturated rings. The van der Waals surface area contributed by atoms with Crippen molar-refractivity contribution < 1.29 is 24.1 Å². The monoisotopic (exact) mass is 449 g/mol. The van der Waals surface area contributed by atoms with E-state index in [0.29, 0.717) is 16.8 Å². The number of rotatable bonds is 4. The second-order valence-corrected chi connectivity index (χ2v) is 8.47. The number of nitrogens with one attached hydrogen (secondary N) is 2. The molecule has 4 amide bonds. The molecule has 2 saturated heterocycles. The largest absolute Gasteiger partial charge is 0.370 e. The molecule has 0 radical (unpaired) electrons. The summed E-state index contributed by atoms with van der Waals surface area (Å²) in [5.41, 5.74) is 5.28. The number of nitro benzene ring substituents is 1. The van der Waals surface area contributed by atoms with Gasteiger partial charge >= 0.3 is 0 Å². The van der Waals surface area contributed by atoms with Crippen LogP contribution in [-0.4, -0.2) is 34.6 Å². The highest BCUT2D eigenvalue weighted by Crippen LogP contribution is 2.54. The Morgan fingerprint density at radius 1 is 1.18 bits per heavy atom. The van der Waals surface area contributed by atoms with Gasteiger partial charge in [0.15, 0.2) is 0 Å². The number of para-hydroxylation sites is 1. The number of carbonyl (C=O) groups is 4. The summed E-state index contributed by atoms with van der Waals surface area (Å²) in [4.78, 5) is 63.9. The fourth-order valence-corrected chi connectivity index (χ4v) is 5.39. The fourth-order valence-electron chi connectivity index (χ4n) is 5.39. The van der Waals surface area contributed by atoms with Gasteiger partial charge in [-0.05, 0) is 24.6 Å². The van der Waals surface area contributed by atoms with Gasteiger partial charge in [0, 0.05) is 35.8 Å². The van der Waals surface area contributed by atoms with Crippen molar-refractivity contribution in [2.45, 2.75) is 24.9 Å². The number of fused-ring (bicyclic) bond motifs is 4. The van der Waals surface area contributed by atoms with Crippen molar-refractivity contribution in [3.63, 3.8) is 0 Å². The van der Waals surface area contributed by atoms with Gasteiger partial charge in [-0.2, -0.15) is 0 Å². The molecular weight excluding hydrogens is 430 g/mol. The number of amides is 4. The van der Waals surface area contributed by atoms with Gasteiger partial charge in [0.05, 0.1) is 22.4 Å². The first-order valence-corrected chi connectivity index (χ1v) is 10.3. The SMILES string of the molecule is Cc1cc([N+](=O)[O-])ccc1N1C(=O)[C@H]2[C@@H](C1=O)[C@@]1(N[C@@H]2CC(N)=O)C(=O)Nc2ccccc21. The predicted octanol–water partition coefficient (Wildman–Crippen LogP) is 0.704. The molecule has 0 aromatic heterocycles. The van der Waals surface area contributed by atoms with Gasteiger partial charge in [0.1, 0.15) is 5.54 Å². The van der Waals surface area contributed by atoms with Gasteiger partial charge in [-0.25, -0.2) is 4.90 Å². The van der Waals surface area contributed by atoms with Crippen LogP contribution in [0, 0.1) is 28.9 Å². The number of hydrogen-bond donors (Lipinski definition) is 3. The number of anilines is 2. The van der Waals surface area contributed by atoms with Crippen LogP contribution in [0.25, 0.3) is 0 Å². The lowest BCUT2D eigenvalue weighted by atomic mass is 9.76. The molecule has 0 bridgehead atoms. The number of benzene rings is 2. The van der Waals surface area contributed by atoms with Crippen molar-refractivity contribution in [1.29, 1.82) is 0 Å². The topological polar surface area (TPSA) is 165 Å². The number of primary amides is 1. The lowest BCUT2D eigenvalue weighted by Crippen LogP contribution is -2.53. The third kappa shape index (κ3) is 2.72. The quantitative estimate of drug-likeness (QED) is 0.351. The highest BCUT2D eigenvalue weighted by atomic mass is 16.6. The van der Waals surface area contributed by atoms with Crippen molar-refractivity contribution in [3.05, 3.63) is 63.7 Å². The standard InChI is InChI=1S/C22H19N5O6/c1-10-8-11(27(32)33)6-7-15(10)26-19(29)17-14(9-16(23)28)25-22(18(17)20(26)30)12-4-2-3-5-13(12)24-21(22)31/h2-8,14,17-18,25H,9H2,1H3,(H2,23,28)(H,24,31)/t14-,17-,18+,22-/m1/s1. The van der Waals surface area contributed by atoms with Gasteiger partial charge in [0.25, 0.3) is 5.69 Å². The van der Waals surface area contributed by atoms with Crippen molar-refractivity contribution in [1.82, 2.24) is 5.32 Å². The minimum Gasteiger partial charge on any atom is -0.370 e. The fraction of sp³-hybridized carbons (Fsp3) is 0.273. The molecule has 0 saturated carbocycles. The van der Waals surface area contributed by atoms with E-state index in [4.69, 9.17) is 5.73 Å². The predicted molar refractivity (Wildman–Crippen MR) is 115 cm³/mol. The highest BCUT2D eigenvalue weighted by Gasteiger charge is 2.70. The molecule has 4 atom stereocenters. The lowest BCUT2D eigenvalue weighted by molar-refractivity contribution is -0.384. The Bertz CT molecular complexity index is 1280.